The van der Waals surface area contributed by atoms with Gasteiger partial charge in [-0.05, 0) is 25.1 Å². The average Bonchev–Trinajstić information content (AvgIpc) is 2.31. The lowest BCUT2D eigenvalue weighted by Crippen LogP contribution is -2.29. The molecule has 0 radical (unpaired) electrons. The number of benzene rings is 1. The monoisotopic (exact) mass is 256 g/mol. The Hall–Kier alpha value is -1.20. The van der Waals surface area contributed by atoms with Crippen molar-refractivity contribution in [1.29, 1.82) is 0 Å². The van der Waals surface area contributed by atoms with E-state index in [1.807, 2.05) is 6.92 Å². The van der Waals surface area contributed by atoms with Gasteiger partial charge in [0.1, 0.15) is 10.8 Å². The van der Waals surface area contributed by atoms with E-state index in [2.05, 4.69) is 4.90 Å². The third-order valence-electron chi connectivity index (χ3n) is 2.51. The summed E-state index contributed by atoms with van der Waals surface area (Å²) in [6, 6.07) is 4.47. The number of rotatable bonds is 6. The molecule has 3 nitrogen and oxygen atoms in total. The summed E-state index contributed by atoms with van der Waals surface area (Å²) in [6.45, 7) is 4.11. The summed E-state index contributed by atoms with van der Waals surface area (Å²) >= 11 is 4.94. The van der Waals surface area contributed by atoms with Crippen molar-refractivity contribution < 1.29 is 9.13 Å². The van der Waals surface area contributed by atoms with Crippen molar-refractivity contribution in [2.75, 3.05) is 31.7 Å². The Balaban J connectivity index is 3.05. The number of thiocarbonyl (C=S) groups is 1. The second-order valence-electron chi connectivity index (χ2n) is 3.60. The third kappa shape index (κ3) is 3.64. The zero-order valence-electron chi connectivity index (χ0n) is 10.1. The number of halogens is 1. The van der Waals surface area contributed by atoms with Gasteiger partial charge in [0.25, 0.3) is 0 Å². The molecular weight excluding hydrogens is 239 g/mol. The molecule has 2 N–H and O–H groups in total. The van der Waals surface area contributed by atoms with Crippen LogP contribution in [0.5, 0.6) is 0 Å². The van der Waals surface area contributed by atoms with Gasteiger partial charge in [0.2, 0.25) is 0 Å². The zero-order valence-corrected chi connectivity index (χ0v) is 10.9. The van der Waals surface area contributed by atoms with Crippen LogP contribution >= 0.6 is 12.2 Å². The molecule has 0 bridgehead atoms. The van der Waals surface area contributed by atoms with E-state index in [1.165, 1.54) is 12.1 Å². The lowest BCUT2D eigenvalue weighted by atomic mass is 10.1. The molecular formula is C12H17FN2OS. The minimum atomic E-state index is -0.334. The van der Waals surface area contributed by atoms with Gasteiger partial charge in [-0.15, -0.1) is 0 Å². The number of hydrogen-bond acceptors (Lipinski definition) is 3. The minimum absolute atomic E-state index is 0.204. The molecule has 17 heavy (non-hydrogen) atoms. The van der Waals surface area contributed by atoms with Gasteiger partial charge in [-0.1, -0.05) is 12.2 Å². The lowest BCUT2D eigenvalue weighted by Gasteiger charge is -2.25. The third-order valence-corrected chi connectivity index (χ3v) is 2.73. The normalized spacial score (nSPS) is 10.3. The maximum Gasteiger partial charge on any atom is 0.124 e. The van der Waals surface area contributed by atoms with Gasteiger partial charge in [0, 0.05) is 31.5 Å². The van der Waals surface area contributed by atoms with Crippen molar-refractivity contribution in [2.45, 2.75) is 6.92 Å². The minimum Gasteiger partial charge on any atom is -0.389 e. The number of methoxy groups -OCH3 is 1. The lowest BCUT2D eigenvalue weighted by molar-refractivity contribution is 0.205. The van der Waals surface area contributed by atoms with E-state index < -0.39 is 0 Å². The van der Waals surface area contributed by atoms with Gasteiger partial charge in [0.15, 0.2) is 0 Å². The molecule has 1 aromatic rings. The van der Waals surface area contributed by atoms with Crippen LogP contribution < -0.4 is 10.6 Å². The standard InChI is InChI=1S/C12H17FN2OS/c1-3-15(6-7-16-2)11-5-4-9(13)8-10(11)12(14)17/h4-5,8H,3,6-7H2,1-2H3,(H2,14,17). The highest BCUT2D eigenvalue weighted by Crippen LogP contribution is 2.21. The van der Waals surface area contributed by atoms with Gasteiger partial charge < -0.3 is 15.4 Å². The number of nitrogens with zero attached hydrogens (tertiary/aromatic N) is 1. The Bertz CT molecular complexity index is 398. The van der Waals surface area contributed by atoms with Crippen LogP contribution in [0.25, 0.3) is 0 Å². The van der Waals surface area contributed by atoms with Crippen molar-refractivity contribution in [3.8, 4) is 0 Å². The summed E-state index contributed by atoms with van der Waals surface area (Å²) in [5.74, 6) is -0.334. The Morgan fingerprint density at radius 3 is 2.76 bits per heavy atom. The van der Waals surface area contributed by atoms with E-state index in [-0.39, 0.29) is 10.8 Å². The fourth-order valence-corrected chi connectivity index (χ4v) is 1.80. The highest BCUT2D eigenvalue weighted by Gasteiger charge is 2.12. The summed E-state index contributed by atoms with van der Waals surface area (Å²) in [4.78, 5) is 2.26. The van der Waals surface area contributed by atoms with Crippen molar-refractivity contribution in [3.63, 3.8) is 0 Å². The Labute approximate surface area is 106 Å². The van der Waals surface area contributed by atoms with E-state index in [4.69, 9.17) is 22.7 Å². The van der Waals surface area contributed by atoms with Crippen LogP contribution in [0, 0.1) is 5.82 Å². The quantitative estimate of drug-likeness (QED) is 0.789. The molecule has 0 heterocycles. The summed E-state index contributed by atoms with van der Waals surface area (Å²) < 4.78 is 18.2. The maximum absolute atomic E-state index is 13.2. The van der Waals surface area contributed by atoms with Crippen LogP contribution in [-0.4, -0.2) is 31.8 Å². The summed E-state index contributed by atoms with van der Waals surface area (Å²) in [5, 5.41) is 0. The van der Waals surface area contributed by atoms with Gasteiger partial charge >= 0.3 is 0 Å². The number of hydrogen-bond donors (Lipinski definition) is 1. The van der Waals surface area contributed by atoms with Crippen LogP contribution in [0.1, 0.15) is 12.5 Å². The van der Waals surface area contributed by atoms with Crippen LogP contribution in [0.3, 0.4) is 0 Å². The van der Waals surface area contributed by atoms with Gasteiger partial charge in [-0.2, -0.15) is 0 Å². The molecule has 0 fully saturated rings. The van der Waals surface area contributed by atoms with E-state index >= 15 is 0 Å². The Kier molecular flexibility index (Phi) is 5.31. The van der Waals surface area contributed by atoms with Crippen LogP contribution in [0.2, 0.25) is 0 Å². The second kappa shape index (κ2) is 6.51. The molecule has 0 amide bonds. The molecule has 5 heteroatoms. The highest BCUT2D eigenvalue weighted by molar-refractivity contribution is 7.80. The molecule has 0 unspecified atom stereocenters. The maximum atomic E-state index is 13.2. The summed E-state index contributed by atoms with van der Waals surface area (Å²) in [5.41, 5.74) is 7.02. The molecule has 0 aromatic heterocycles. The fourth-order valence-electron chi connectivity index (χ4n) is 1.63. The summed E-state index contributed by atoms with van der Waals surface area (Å²) in [7, 11) is 1.65. The molecule has 0 aliphatic rings. The van der Waals surface area contributed by atoms with Gasteiger partial charge in [-0.3, -0.25) is 0 Å². The molecule has 0 atom stereocenters. The molecule has 0 aliphatic heterocycles. The van der Waals surface area contributed by atoms with Crippen LogP contribution in [-0.2, 0) is 4.74 Å². The topological polar surface area (TPSA) is 38.5 Å². The predicted molar refractivity (Wildman–Crippen MR) is 72.1 cm³/mol. The number of ether oxygens (including phenoxy) is 1. The molecule has 94 valence electrons. The first-order valence-corrected chi connectivity index (χ1v) is 5.84. The van der Waals surface area contributed by atoms with Crippen LogP contribution in [0.4, 0.5) is 10.1 Å². The predicted octanol–water partition coefficient (Wildman–Crippen LogP) is 1.93. The first-order valence-electron chi connectivity index (χ1n) is 5.43. The van der Waals surface area contributed by atoms with Crippen molar-refractivity contribution in [2.24, 2.45) is 5.73 Å². The first-order chi connectivity index (χ1) is 8.10. The first kappa shape index (κ1) is 13.9. The van der Waals surface area contributed by atoms with E-state index in [9.17, 15) is 4.39 Å². The van der Waals surface area contributed by atoms with Crippen molar-refractivity contribution in [3.05, 3.63) is 29.6 Å². The fraction of sp³-hybridized carbons (Fsp3) is 0.417. The molecule has 0 aliphatic carbocycles. The molecule has 0 spiro atoms. The Morgan fingerprint density at radius 2 is 2.24 bits per heavy atom. The molecule has 1 aromatic carbocycles. The van der Waals surface area contributed by atoms with Crippen molar-refractivity contribution >= 4 is 22.9 Å². The van der Waals surface area contributed by atoms with E-state index in [0.717, 1.165) is 12.2 Å². The summed E-state index contributed by atoms with van der Waals surface area (Å²) in [6.07, 6.45) is 0. The largest absolute Gasteiger partial charge is 0.389 e. The average molecular weight is 256 g/mol. The Morgan fingerprint density at radius 1 is 1.53 bits per heavy atom. The second-order valence-corrected chi connectivity index (χ2v) is 4.04. The molecule has 0 saturated carbocycles. The molecule has 0 saturated heterocycles. The smallest absolute Gasteiger partial charge is 0.124 e. The number of anilines is 1. The zero-order chi connectivity index (χ0) is 12.8. The molecule has 1 rings (SSSR count). The number of likely N-dealkylation sites (N-methyl/N-ethyl adjacent to an activating group) is 1. The van der Waals surface area contributed by atoms with E-state index in [1.54, 1.807) is 13.2 Å². The van der Waals surface area contributed by atoms with Gasteiger partial charge in [-0.25, -0.2) is 4.39 Å². The van der Waals surface area contributed by atoms with E-state index in [0.29, 0.717) is 18.7 Å². The highest BCUT2D eigenvalue weighted by atomic mass is 32.1. The van der Waals surface area contributed by atoms with Crippen molar-refractivity contribution in [1.82, 2.24) is 0 Å². The van der Waals surface area contributed by atoms with Gasteiger partial charge in [0.05, 0.1) is 6.61 Å². The SMILES string of the molecule is CCN(CCOC)c1ccc(F)cc1C(N)=S. The van der Waals surface area contributed by atoms with Crippen LogP contribution in [0.15, 0.2) is 18.2 Å². The number of nitrogens with two attached hydrogens (primary N) is 1.